The lowest BCUT2D eigenvalue weighted by Crippen LogP contribution is -2.51. The number of benzene rings is 2. The van der Waals surface area contributed by atoms with E-state index in [2.05, 4.69) is 43.3 Å². The van der Waals surface area contributed by atoms with Gasteiger partial charge in [0.1, 0.15) is 17.2 Å². The minimum Gasteiger partial charge on any atom is -0.384 e. The average Bonchev–Trinajstić information content (AvgIpc) is 3.24. The Hall–Kier alpha value is -3.30. The van der Waals surface area contributed by atoms with Crippen LogP contribution in [0, 0.1) is 16.9 Å². The molecule has 0 bridgehead atoms. The van der Waals surface area contributed by atoms with Crippen LogP contribution in [0.5, 0.6) is 0 Å². The molecular weight excluding hydrogens is 597 g/mol. The predicted octanol–water partition coefficient (Wildman–Crippen LogP) is 7.91. The van der Waals surface area contributed by atoms with Gasteiger partial charge < -0.3 is 16.0 Å². The Morgan fingerprint density at radius 3 is 2.36 bits per heavy atom. The Balaban J connectivity index is 1.72. The lowest BCUT2D eigenvalue weighted by atomic mass is 9.78. The van der Waals surface area contributed by atoms with E-state index < -0.39 is 5.66 Å². The third-order valence-corrected chi connectivity index (χ3v) is 9.01. The van der Waals surface area contributed by atoms with Crippen molar-refractivity contribution in [2.75, 3.05) is 6.54 Å². The first kappa shape index (κ1) is 33.6. The summed E-state index contributed by atoms with van der Waals surface area (Å²) in [5.74, 6) is 0.225. The SMILES string of the molecule is CCCC1CCC2(CC1)N=C(c1cc(Cl)cc(Cl)c1)C(=O)N2C(CCC(C)(C)C)c1ccc(C(=O)NCC(N)=NN=N)cc1. The molecule has 1 heterocycles. The molecule has 2 aromatic carbocycles. The Morgan fingerprint density at radius 2 is 1.80 bits per heavy atom. The molecule has 44 heavy (non-hydrogen) atoms. The van der Waals surface area contributed by atoms with Crippen molar-refractivity contribution in [3.63, 3.8) is 0 Å². The fourth-order valence-corrected chi connectivity index (χ4v) is 6.88. The van der Waals surface area contributed by atoms with Crippen LogP contribution in [0.25, 0.3) is 0 Å². The van der Waals surface area contributed by atoms with Crippen molar-refractivity contribution < 1.29 is 9.59 Å². The van der Waals surface area contributed by atoms with Gasteiger partial charge in [0, 0.05) is 21.2 Å². The molecule has 1 spiro atoms. The second kappa shape index (κ2) is 14.2. The van der Waals surface area contributed by atoms with Crippen molar-refractivity contribution in [2.24, 2.45) is 32.4 Å². The third kappa shape index (κ3) is 8.04. The van der Waals surface area contributed by atoms with Gasteiger partial charge in [-0.2, -0.15) is 5.53 Å². The first-order valence-corrected chi connectivity index (χ1v) is 16.1. The van der Waals surface area contributed by atoms with Crippen LogP contribution in [0.4, 0.5) is 0 Å². The summed E-state index contributed by atoms with van der Waals surface area (Å²) >= 11 is 12.7. The van der Waals surface area contributed by atoms with Gasteiger partial charge in [-0.1, -0.05) is 81.1 Å². The molecule has 236 valence electrons. The smallest absolute Gasteiger partial charge is 0.275 e. The number of nitrogens with zero attached hydrogens (tertiary/aromatic N) is 4. The molecule has 1 fully saturated rings. The van der Waals surface area contributed by atoms with Crippen LogP contribution >= 0.6 is 23.2 Å². The summed E-state index contributed by atoms with van der Waals surface area (Å²) in [5, 5.41) is 9.92. The average molecular weight is 641 g/mol. The number of halogens is 2. The van der Waals surface area contributed by atoms with Crippen molar-refractivity contribution in [3.05, 3.63) is 69.2 Å². The van der Waals surface area contributed by atoms with E-state index in [0.717, 1.165) is 50.5 Å². The van der Waals surface area contributed by atoms with Gasteiger partial charge in [0.15, 0.2) is 0 Å². The largest absolute Gasteiger partial charge is 0.384 e. The first-order valence-electron chi connectivity index (χ1n) is 15.3. The molecular formula is C33H43Cl2N7O2. The van der Waals surface area contributed by atoms with E-state index in [0.29, 0.717) is 32.8 Å². The van der Waals surface area contributed by atoms with Crippen LogP contribution in [-0.2, 0) is 4.79 Å². The van der Waals surface area contributed by atoms with Gasteiger partial charge in [0.05, 0.1) is 12.6 Å². The number of carbonyl (C=O) groups excluding carboxylic acids is 2. The fourth-order valence-electron chi connectivity index (χ4n) is 6.36. The topological polar surface area (TPSA) is 136 Å². The van der Waals surface area contributed by atoms with Crippen LogP contribution in [0.15, 0.2) is 57.8 Å². The highest BCUT2D eigenvalue weighted by Crippen LogP contribution is 2.48. The molecule has 4 N–H and O–H groups in total. The van der Waals surface area contributed by atoms with Gasteiger partial charge in [0.2, 0.25) is 0 Å². The maximum atomic E-state index is 14.5. The van der Waals surface area contributed by atoms with Gasteiger partial charge in [-0.25, -0.2) is 0 Å². The van der Waals surface area contributed by atoms with E-state index in [1.807, 2.05) is 17.0 Å². The molecule has 1 aliphatic carbocycles. The summed E-state index contributed by atoms with van der Waals surface area (Å²) in [7, 11) is 0. The van der Waals surface area contributed by atoms with Crippen molar-refractivity contribution in [1.29, 1.82) is 5.53 Å². The Bertz CT molecular complexity index is 1400. The van der Waals surface area contributed by atoms with E-state index in [-0.39, 0.29) is 35.7 Å². The zero-order chi connectivity index (χ0) is 32.1. The molecule has 1 saturated carbocycles. The lowest BCUT2D eigenvalue weighted by Gasteiger charge is -2.46. The Kier molecular flexibility index (Phi) is 10.8. The van der Waals surface area contributed by atoms with Gasteiger partial charge in [-0.3, -0.25) is 14.6 Å². The Morgan fingerprint density at radius 1 is 1.16 bits per heavy atom. The minimum atomic E-state index is -0.663. The molecule has 9 nitrogen and oxygen atoms in total. The highest BCUT2D eigenvalue weighted by Gasteiger charge is 2.51. The predicted molar refractivity (Wildman–Crippen MR) is 176 cm³/mol. The fraction of sp³-hybridized carbons (Fsp3) is 0.515. The summed E-state index contributed by atoms with van der Waals surface area (Å²) in [6.45, 7) is 8.81. The number of aliphatic imine (C=N–C) groups is 1. The van der Waals surface area contributed by atoms with Crippen LogP contribution in [-0.4, -0.2) is 40.5 Å². The normalized spacial score (nSPS) is 21.4. The molecule has 2 amide bonds. The molecule has 2 aromatic rings. The Labute approximate surface area is 270 Å². The van der Waals surface area contributed by atoms with E-state index >= 15 is 0 Å². The summed E-state index contributed by atoms with van der Waals surface area (Å²) in [5.41, 5.74) is 14.2. The monoisotopic (exact) mass is 639 g/mol. The summed E-state index contributed by atoms with van der Waals surface area (Å²) < 4.78 is 0. The lowest BCUT2D eigenvalue weighted by molar-refractivity contribution is -0.133. The third-order valence-electron chi connectivity index (χ3n) is 8.57. The second-order valence-electron chi connectivity index (χ2n) is 13.1. The highest BCUT2D eigenvalue weighted by atomic mass is 35.5. The summed E-state index contributed by atoms with van der Waals surface area (Å²) in [6.07, 6.45) is 7.55. The number of hydrogen-bond donors (Lipinski definition) is 3. The van der Waals surface area contributed by atoms with Crippen LogP contribution in [0.1, 0.15) is 107 Å². The zero-order valence-electron chi connectivity index (χ0n) is 26.0. The van der Waals surface area contributed by atoms with Crippen LogP contribution in [0.3, 0.4) is 0 Å². The van der Waals surface area contributed by atoms with E-state index in [9.17, 15) is 9.59 Å². The number of amides is 2. The second-order valence-corrected chi connectivity index (χ2v) is 14.0. The number of amidine groups is 1. The molecule has 1 unspecified atom stereocenters. The molecule has 2 aliphatic rings. The molecule has 4 rings (SSSR count). The summed E-state index contributed by atoms with van der Waals surface area (Å²) in [6, 6.07) is 12.3. The number of nitrogens with one attached hydrogen (secondary N) is 2. The van der Waals surface area contributed by atoms with Crippen molar-refractivity contribution in [2.45, 2.75) is 90.8 Å². The van der Waals surface area contributed by atoms with E-state index in [1.165, 1.54) is 6.42 Å². The van der Waals surface area contributed by atoms with Crippen molar-refractivity contribution in [1.82, 2.24) is 10.2 Å². The van der Waals surface area contributed by atoms with Crippen molar-refractivity contribution >= 4 is 46.6 Å². The van der Waals surface area contributed by atoms with Gasteiger partial charge in [-0.15, -0.1) is 5.10 Å². The van der Waals surface area contributed by atoms with E-state index in [4.69, 9.17) is 39.5 Å². The zero-order valence-corrected chi connectivity index (χ0v) is 27.5. The molecule has 1 aliphatic heterocycles. The molecule has 0 radical (unpaired) electrons. The molecule has 0 saturated heterocycles. The summed E-state index contributed by atoms with van der Waals surface area (Å²) in [4.78, 5) is 34.6. The van der Waals surface area contributed by atoms with E-state index in [1.54, 1.807) is 30.3 Å². The molecule has 1 atom stereocenters. The number of nitrogens with two attached hydrogens (primary N) is 1. The number of rotatable bonds is 11. The van der Waals surface area contributed by atoms with Gasteiger partial charge >= 0.3 is 0 Å². The maximum Gasteiger partial charge on any atom is 0.275 e. The quantitative estimate of drug-likeness (QED) is 0.0996. The van der Waals surface area contributed by atoms with Crippen molar-refractivity contribution in [3.8, 4) is 0 Å². The molecule has 0 aromatic heterocycles. The highest BCUT2D eigenvalue weighted by molar-refractivity contribution is 6.47. The van der Waals surface area contributed by atoms with Gasteiger partial charge in [-0.05, 0) is 85.8 Å². The maximum absolute atomic E-state index is 14.5. The minimum absolute atomic E-state index is 0.0192. The number of hydrogen-bond acceptors (Lipinski definition) is 5. The number of carbonyl (C=O) groups is 2. The van der Waals surface area contributed by atoms with Gasteiger partial charge in [0.25, 0.3) is 11.8 Å². The van der Waals surface area contributed by atoms with Crippen LogP contribution < -0.4 is 11.1 Å². The van der Waals surface area contributed by atoms with Crippen LogP contribution in [0.2, 0.25) is 10.0 Å². The first-order chi connectivity index (χ1) is 20.9. The molecule has 11 heteroatoms. The standard InChI is InChI=1S/C33H43Cl2N7O2/c1-5-6-21-11-15-33(16-12-21)39-29(24-17-25(34)19-26(35)18-24)31(44)42(33)27(13-14-32(2,3)4)22-7-9-23(10-8-22)30(43)38-20-28(36)40-41-37/h7-10,17-19,21,27H,5-6,11-16,20H2,1-4H3,(H,38,43)(H3,36,37,40).